The molecule has 7 heteroatoms. The minimum absolute atomic E-state index is 0.00389. The van der Waals surface area contributed by atoms with E-state index in [0.717, 1.165) is 6.07 Å². The standard InChI is InChI=1S/C13H15F3N4/c1-9(17-2)7-10-8-18-19-20(10)12-6-4-3-5-11(12)13(14,15)16/h3-6,8-9,17H,7H2,1-2H3. The van der Waals surface area contributed by atoms with Crippen molar-refractivity contribution in [2.24, 2.45) is 0 Å². The predicted octanol–water partition coefficient (Wildman–Crippen LogP) is 2.44. The second-order valence-corrected chi connectivity index (χ2v) is 4.55. The Labute approximate surface area is 114 Å². The van der Waals surface area contributed by atoms with Crippen molar-refractivity contribution in [2.75, 3.05) is 7.05 Å². The maximum Gasteiger partial charge on any atom is 0.418 e. The molecule has 1 N–H and O–H groups in total. The molecule has 0 saturated carbocycles. The summed E-state index contributed by atoms with van der Waals surface area (Å²) in [6.45, 7) is 1.94. The molecule has 4 nitrogen and oxygen atoms in total. The normalized spacial score (nSPS) is 13.4. The third kappa shape index (κ3) is 2.98. The minimum Gasteiger partial charge on any atom is -0.317 e. The van der Waals surface area contributed by atoms with Gasteiger partial charge in [0.15, 0.2) is 0 Å². The zero-order valence-electron chi connectivity index (χ0n) is 11.1. The summed E-state index contributed by atoms with van der Waals surface area (Å²) in [5.74, 6) is 0. The number of hydrogen-bond acceptors (Lipinski definition) is 3. The van der Waals surface area contributed by atoms with E-state index < -0.39 is 11.7 Å². The van der Waals surface area contributed by atoms with Crippen LogP contribution in [-0.4, -0.2) is 28.1 Å². The zero-order valence-corrected chi connectivity index (χ0v) is 11.1. The fraction of sp³-hybridized carbons (Fsp3) is 0.385. The molecule has 108 valence electrons. The summed E-state index contributed by atoms with van der Waals surface area (Å²) in [4.78, 5) is 0. The predicted molar refractivity (Wildman–Crippen MR) is 68.6 cm³/mol. The van der Waals surface area contributed by atoms with Crippen LogP contribution in [0, 0.1) is 0 Å². The summed E-state index contributed by atoms with van der Waals surface area (Å²) in [5, 5.41) is 10.5. The molecular formula is C13H15F3N4. The summed E-state index contributed by atoms with van der Waals surface area (Å²) in [6.07, 6.45) is -2.40. The van der Waals surface area contributed by atoms with Crippen molar-refractivity contribution in [2.45, 2.75) is 25.6 Å². The second kappa shape index (κ2) is 5.62. The topological polar surface area (TPSA) is 42.7 Å². The highest BCUT2D eigenvalue weighted by Crippen LogP contribution is 2.33. The molecule has 0 fully saturated rings. The third-order valence-corrected chi connectivity index (χ3v) is 3.07. The molecule has 1 aromatic heterocycles. The SMILES string of the molecule is CNC(C)Cc1cnnn1-c1ccccc1C(F)(F)F. The molecule has 0 bridgehead atoms. The first-order valence-corrected chi connectivity index (χ1v) is 6.17. The third-order valence-electron chi connectivity index (χ3n) is 3.07. The first kappa shape index (κ1) is 14.5. The number of aromatic nitrogens is 3. The van der Waals surface area contributed by atoms with Gasteiger partial charge in [-0.25, -0.2) is 4.68 Å². The van der Waals surface area contributed by atoms with E-state index in [-0.39, 0.29) is 11.7 Å². The summed E-state index contributed by atoms with van der Waals surface area (Å²) in [7, 11) is 1.79. The largest absolute Gasteiger partial charge is 0.418 e. The fourth-order valence-electron chi connectivity index (χ4n) is 1.91. The Morgan fingerprint density at radius 2 is 2.00 bits per heavy atom. The fourth-order valence-corrected chi connectivity index (χ4v) is 1.91. The average Bonchev–Trinajstić information content (AvgIpc) is 2.85. The number of rotatable bonds is 4. The monoisotopic (exact) mass is 284 g/mol. The molecule has 20 heavy (non-hydrogen) atoms. The highest BCUT2D eigenvalue weighted by molar-refractivity contribution is 5.43. The van der Waals surface area contributed by atoms with Gasteiger partial charge in [0.25, 0.3) is 0 Å². The smallest absolute Gasteiger partial charge is 0.317 e. The van der Waals surface area contributed by atoms with Crippen molar-refractivity contribution in [3.63, 3.8) is 0 Å². The van der Waals surface area contributed by atoms with E-state index in [4.69, 9.17) is 0 Å². The molecule has 1 heterocycles. The molecule has 1 unspecified atom stereocenters. The van der Waals surface area contributed by atoms with Crippen LogP contribution in [0.1, 0.15) is 18.2 Å². The molecule has 0 aliphatic carbocycles. The number of nitrogens with zero attached hydrogens (tertiary/aromatic N) is 3. The van der Waals surface area contributed by atoms with Gasteiger partial charge >= 0.3 is 6.18 Å². The van der Waals surface area contributed by atoms with Crippen LogP contribution in [0.4, 0.5) is 13.2 Å². The van der Waals surface area contributed by atoms with Gasteiger partial charge in [-0.1, -0.05) is 17.3 Å². The molecule has 2 aromatic rings. The van der Waals surface area contributed by atoms with Crippen LogP contribution in [0.5, 0.6) is 0 Å². The molecule has 1 atom stereocenters. The Hall–Kier alpha value is -1.89. The molecule has 0 aliphatic heterocycles. The lowest BCUT2D eigenvalue weighted by Gasteiger charge is -2.15. The Morgan fingerprint density at radius 3 is 2.65 bits per heavy atom. The second-order valence-electron chi connectivity index (χ2n) is 4.55. The summed E-state index contributed by atoms with van der Waals surface area (Å²) >= 11 is 0. The van der Waals surface area contributed by atoms with E-state index >= 15 is 0 Å². The molecule has 2 rings (SSSR count). The van der Waals surface area contributed by atoms with Crippen molar-refractivity contribution >= 4 is 0 Å². The average molecular weight is 284 g/mol. The van der Waals surface area contributed by atoms with Gasteiger partial charge in [-0.3, -0.25) is 0 Å². The van der Waals surface area contributed by atoms with E-state index in [1.165, 1.54) is 23.0 Å². The molecule has 0 aliphatic rings. The van der Waals surface area contributed by atoms with Gasteiger partial charge in [0.05, 0.1) is 23.1 Å². The van der Waals surface area contributed by atoms with Crippen LogP contribution >= 0.6 is 0 Å². The van der Waals surface area contributed by atoms with Crippen molar-refractivity contribution < 1.29 is 13.2 Å². The number of alkyl halides is 3. The number of likely N-dealkylation sites (N-methyl/N-ethyl adjacent to an activating group) is 1. The van der Waals surface area contributed by atoms with Crippen LogP contribution in [0.15, 0.2) is 30.5 Å². The number of hydrogen-bond donors (Lipinski definition) is 1. The quantitative estimate of drug-likeness (QED) is 0.937. The van der Waals surface area contributed by atoms with Crippen molar-refractivity contribution in [1.29, 1.82) is 0 Å². The van der Waals surface area contributed by atoms with Crippen molar-refractivity contribution in [3.8, 4) is 5.69 Å². The van der Waals surface area contributed by atoms with Gasteiger partial charge in [0.1, 0.15) is 0 Å². The molecule has 0 saturated heterocycles. The first-order chi connectivity index (χ1) is 9.43. The van der Waals surface area contributed by atoms with Crippen molar-refractivity contribution in [3.05, 3.63) is 41.7 Å². The Bertz CT molecular complexity index is 577. The molecular weight excluding hydrogens is 269 g/mol. The summed E-state index contributed by atoms with van der Waals surface area (Å²) in [6, 6.07) is 5.47. The van der Waals surface area contributed by atoms with Crippen molar-refractivity contribution in [1.82, 2.24) is 20.3 Å². The van der Waals surface area contributed by atoms with E-state index in [1.54, 1.807) is 13.1 Å². The Morgan fingerprint density at radius 1 is 1.30 bits per heavy atom. The highest BCUT2D eigenvalue weighted by atomic mass is 19.4. The van der Waals surface area contributed by atoms with Gasteiger partial charge in [-0.15, -0.1) is 5.10 Å². The van der Waals surface area contributed by atoms with Gasteiger partial charge in [-0.2, -0.15) is 13.2 Å². The molecule has 0 amide bonds. The number of benzene rings is 1. The lowest BCUT2D eigenvalue weighted by atomic mass is 10.1. The van der Waals surface area contributed by atoms with Gasteiger partial charge in [0, 0.05) is 12.5 Å². The van der Waals surface area contributed by atoms with E-state index in [2.05, 4.69) is 15.6 Å². The van der Waals surface area contributed by atoms with Gasteiger partial charge in [0.2, 0.25) is 0 Å². The number of halogens is 3. The summed E-state index contributed by atoms with van der Waals surface area (Å²) < 4.78 is 40.3. The van der Waals surface area contributed by atoms with Gasteiger partial charge in [-0.05, 0) is 26.1 Å². The Balaban J connectivity index is 2.45. The van der Waals surface area contributed by atoms with Crippen LogP contribution in [0.25, 0.3) is 5.69 Å². The lowest BCUT2D eigenvalue weighted by Crippen LogP contribution is -2.25. The molecule has 1 aromatic carbocycles. The van der Waals surface area contributed by atoms with Crippen LogP contribution in [-0.2, 0) is 12.6 Å². The zero-order chi connectivity index (χ0) is 14.8. The van der Waals surface area contributed by atoms with E-state index in [1.807, 2.05) is 6.92 Å². The lowest BCUT2D eigenvalue weighted by molar-refractivity contribution is -0.137. The highest BCUT2D eigenvalue weighted by Gasteiger charge is 2.34. The minimum atomic E-state index is -4.42. The summed E-state index contributed by atoms with van der Waals surface area (Å²) in [5.41, 5.74) is -0.0942. The van der Waals surface area contributed by atoms with E-state index in [9.17, 15) is 13.2 Å². The Kier molecular flexibility index (Phi) is 4.08. The number of nitrogens with one attached hydrogen (secondary N) is 1. The van der Waals surface area contributed by atoms with Crippen LogP contribution in [0.2, 0.25) is 0 Å². The first-order valence-electron chi connectivity index (χ1n) is 6.17. The maximum absolute atomic E-state index is 13.0. The van der Waals surface area contributed by atoms with E-state index in [0.29, 0.717) is 12.1 Å². The number of para-hydroxylation sites is 1. The maximum atomic E-state index is 13.0. The molecule has 0 radical (unpaired) electrons. The van der Waals surface area contributed by atoms with Crippen LogP contribution < -0.4 is 5.32 Å². The van der Waals surface area contributed by atoms with Gasteiger partial charge < -0.3 is 5.32 Å². The van der Waals surface area contributed by atoms with Crippen LogP contribution in [0.3, 0.4) is 0 Å². The molecule has 0 spiro atoms.